The van der Waals surface area contributed by atoms with E-state index in [9.17, 15) is 4.79 Å². The molecule has 0 atom stereocenters. The lowest BCUT2D eigenvalue weighted by Gasteiger charge is -2.06. The average molecular weight is 364 g/mol. The Balaban J connectivity index is 1.51. The zero-order valence-electron chi connectivity index (χ0n) is 14.9. The highest BCUT2D eigenvalue weighted by atomic mass is 16.1. The Morgan fingerprint density at radius 1 is 0.929 bits per heavy atom. The maximum Gasteiger partial charge on any atom is 0.213 e. The molecule has 0 spiro atoms. The molecule has 0 saturated heterocycles. The minimum Gasteiger partial charge on any atom is -0.361 e. The summed E-state index contributed by atoms with van der Waals surface area (Å²) in [6.07, 6.45) is 5.37. The van der Waals surface area contributed by atoms with Crippen molar-refractivity contribution in [1.82, 2.24) is 19.7 Å². The first-order valence-electron chi connectivity index (χ1n) is 8.98. The predicted molar refractivity (Wildman–Crippen MR) is 109 cm³/mol. The van der Waals surface area contributed by atoms with Gasteiger partial charge in [-0.2, -0.15) is 5.10 Å². The lowest BCUT2D eigenvalue weighted by Crippen LogP contribution is -2.05. The number of nitrogens with zero attached hydrogens (tertiary/aromatic N) is 3. The van der Waals surface area contributed by atoms with E-state index in [0.717, 1.165) is 22.0 Å². The fourth-order valence-corrected chi connectivity index (χ4v) is 3.37. The molecule has 2 aromatic carbocycles. The Morgan fingerprint density at radius 2 is 1.86 bits per heavy atom. The molecule has 5 heteroatoms. The van der Waals surface area contributed by atoms with Gasteiger partial charge >= 0.3 is 0 Å². The van der Waals surface area contributed by atoms with Crippen molar-refractivity contribution >= 4 is 16.7 Å². The summed E-state index contributed by atoms with van der Waals surface area (Å²) in [6, 6.07) is 23.1. The topological polar surface area (TPSA) is 63.6 Å². The minimum absolute atomic E-state index is 0.113. The van der Waals surface area contributed by atoms with Gasteiger partial charge in [0.15, 0.2) is 5.82 Å². The van der Waals surface area contributed by atoms with Crippen LogP contribution < -0.4 is 0 Å². The van der Waals surface area contributed by atoms with Crippen molar-refractivity contribution in [2.24, 2.45) is 0 Å². The van der Waals surface area contributed by atoms with E-state index >= 15 is 0 Å². The third-order valence-electron chi connectivity index (χ3n) is 4.74. The number of aromatic amines is 1. The zero-order chi connectivity index (χ0) is 18.9. The molecule has 3 aromatic heterocycles. The predicted octanol–water partition coefficient (Wildman–Crippen LogP) is 4.65. The molecule has 0 saturated carbocycles. The van der Waals surface area contributed by atoms with Gasteiger partial charge in [-0.1, -0.05) is 36.4 Å². The number of carbonyl (C=O) groups excluding carboxylic acids is 1. The van der Waals surface area contributed by atoms with E-state index in [-0.39, 0.29) is 5.78 Å². The standard InChI is InChI=1S/C23H16N4O/c28-23(21-11-14-27(26-21)22-9-1-2-12-25-22)17-6-3-5-16(15-17)18-7-4-8-20-19(18)10-13-24-20/h1-15,24H. The maximum atomic E-state index is 13.0. The molecule has 0 fully saturated rings. The van der Waals surface area contributed by atoms with E-state index < -0.39 is 0 Å². The SMILES string of the molecule is O=C(c1cccc(-c2cccc3[nH]ccc23)c1)c1ccn(-c2ccccn2)n1. The molecule has 0 unspecified atom stereocenters. The van der Waals surface area contributed by atoms with Crippen LogP contribution in [-0.2, 0) is 0 Å². The number of hydrogen-bond donors (Lipinski definition) is 1. The highest BCUT2D eigenvalue weighted by Crippen LogP contribution is 2.29. The van der Waals surface area contributed by atoms with Gasteiger partial charge in [-0.3, -0.25) is 4.79 Å². The van der Waals surface area contributed by atoms with Crippen molar-refractivity contribution in [3.8, 4) is 16.9 Å². The van der Waals surface area contributed by atoms with Crippen LogP contribution in [0.3, 0.4) is 0 Å². The van der Waals surface area contributed by atoms with E-state index in [1.54, 1.807) is 23.1 Å². The van der Waals surface area contributed by atoms with E-state index in [2.05, 4.69) is 21.1 Å². The van der Waals surface area contributed by atoms with Gasteiger partial charge in [-0.15, -0.1) is 0 Å². The van der Waals surface area contributed by atoms with Gasteiger partial charge in [-0.05, 0) is 47.5 Å². The maximum absolute atomic E-state index is 13.0. The van der Waals surface area contributed by atoms with Crippen LogP contribution in [0.5, 0.6) is 0 Å². The monoisotopic (exact) mass is 364 g/mol. The van der Waals surface area contributed by atoms with Crippen molar-refractivity contribution < 1.29 is 4.79 Å². The van der Waals surface area contributed by atoms with Crippen LogP contribution >= 0.6 is 0 Å². The van der Waals surface area contributed by atoms with Gasteiger partial charge in [0.05, 0.1) is 0 Å². The summed E-state index contributed by atoms with van der Waals surface area (Å²) in [6.45, 7) is 0. The summed E-state index contributed by atoms with van der Waals surface area (Å²) >= 11 is 0. The third kappa shape index (κ3) is 2.79. The van der Waals surface area contributed by atoms with Gasteiger partial charge in [0.2, 0.25) is 5.78 Å². The molecule has 0 bridgehead atoms. The van der Waals surface area contributed by atoms with E-state index in [1.807, 2.05) is 66.9 Å². The van der Waals surface area contributed by atoms with Crippen LogP contribution in [-0.4, -0.2) is 25.5 Å². The van der Waals surface area contributed by atoms with Crippen LogP contribution in [0.2, 0.25) is 0 Å². The average Bonchev–Trinajstić information content (AvgIpc) is 3.43. The van der Waals surface area contributed by atoms with Gasteiger partial charge in [0.1, 0.15) is 5.69 Å². The van der Waals surface area contributed by atoms with Crippen LogP contribution in [0, 0.1) is 0 Å². The number of benzene rings is 2. The van der Waals surface area contributed by atoms with Gasteiger partial charge in [0.25, 0.3) is 0 Å². The number of hydrogen-bond acceptors (Lipinski definition) is 3. The summed E-state index contributed by atoms with van der Waals surface area (Å²) in [5, 5.41) is 5.53. The summed E-state index contributed by atoms with van der Waals surface area (Å²) in [4.78, 5) is 20.5. The van der Waals surface area contributed by atoms with Crippen LogP contribution in [0.25, 0.3) is 27.8 Å². The minimum atomic E-state index is -0.113. The number of ketones is 1. The molecule has 134 valence electrons. The number of nitrogens with one attached hydrogen (secondary N) is 1. The molecule has 0 aliphatic carbocycles. The number of rotatable bonds is 4. The highest BCUT2D eigenvalue weighted by Gasteiger charge is 2.14. The van der Waals surface area contributed by atoms with Crippen LogP contribution in [0.15, 0.2) is 91.4 Å². The van der Waals surface area contributed by atoms with Crippen LogP contribution in [0.4, 0.5) is 0 Å². The molecule has 3 heterocycles. The highest BCUT2D eigenvalue weighted by molar-refractivity contribution is 6.08. The molecule has 0 aliphatic heterocycles. The molecule has 0 amide bonds. The van der Waals surface area contributed by atoms with Crippen molar-refractivity contribution in [1.29, 1.82) is 0 Å². The third-order valence-corrected chi connectivity index (χ3v) is 4.74. The smallest absolute Gasteiger partial charge is 0.213 e. The van der Waals surface area contributed by atoms with E-state index in [1.165, 1.54) is 0 Å². The summed E-state index contributed by atoms with van der Waals surface area (Å²) in [7, 11) is 0. The van der Waals surface area contributed by atoms with Crippen molar-refractivity contribution in [2.45, 2.75) is 0 Å². The number of H-pyrrole nitrogens is 1. The van der Waals surface area contributed by atoms with Crippen molar-refractivity contribution in [3.63, 3.8) is 0 Å². The Kier molecular flexibility index (Phi) is 3.84. The fraction of sp³-hybridized carbons (Fsp3) is 0. The van der Waals surface area contributed by atoms with Gasteiger partial charge < -0.3 is 4.98 Å². The van der Waals surface area contributed by atoms with Gasteiger partial charge in [-0.25, -0.2) is 9.67 Å². The zero-order valence-corrected chi connectivity index (χ0v) is 14.9. The molecular formula is C23H16N4O. The Labute approximate surface area is 161 Å². The number of carbonyl (C=O) groups is 1. The number of fused-ring (bicyclic) bond motifs is 1. The first-order chi connectivity index (χ1) is 13.8. The molecule has 0 aliphatic rings. The van der Waals surface area contributed by atoms with E-state index in [4.69, 9.17) is 0 Å². The molecule has 5 rings (SSSR count). The van der Waals surface area contributed by atoms with Gasteiger partial charge in [0, 0.05) is 35.1 Å². The first kappa shape index (κ1) is 16.2. The largest absolute Gasteiger partial charge is 0.361 e. The Bertz CT molecular complexity index is 1280. The second kappa shape index (κ2) is 6.63. The summed E-state index contributed by atoms with van der Waals surface area (Å²) < 4.78 is 1.61. The molecule has 1 N–H and O–H groups in total. The van der Waals surface area contributed by atoms with Crippen molar-refractivity contribution in [2.75, 3.05) is 0 Å². The number of aromatic nitrogens is 4. The second-order valence-corrected chi connectivity index (χ2v) is 6.49. The van der Waals surface area contributed by atoms with E-state index in [0.29, 0.717) is 17.1 Å². The fourth-order valence-electron chi connectivity index (χ4n) is 3.37. The summed E-state index contributed by atoms with van der Waals surface area (Å²) in [5.74, 6) is 0.562. The quantitative estimate of drug-likeness (QED) is 0.472. The molecule has 5 nitrogen and oxygen atoms in total. The lowest BCUT2D eigenvalue weighted by atomic mass is 9.98. The first-order valence-corrected chi connectivity index (χ1v) is 8.98. The summed E-state index contributed by atoms with van der Waals surface area (Å²) in [5.41, 5.74) is 4.16. The second-order valence-electron chi connectivity index (χ2n) is 6.49. The number of pyridine rings is 1. The molecule has 28 heavy (non-hydrogen) atoms. The van der Waals surface area contributed by atoms with Crippen LogP contribution in [0.1, 0.15) is 16.1 Å². The Morgan fingerprint density at radius 3 is 2.75 bits per heavy atom. The Hall–Kier alpha value is -3.99. The molecule has 0 radical (unpaired) electrons. The lowest BCUT2D eigenvalue weighted by molar-refractivity contribution is 0.103. The van der Waals surface area contributed by atoms with Crippen molar-refractivity contribution in [3.05, 3.63) is 103 Å². The molecular weight excluding hydrogens is 348 g/mol. The molecule has 5 aromatic rings. The normalized spacial score (nSPS) is 11.0.